The van der Waals surface area contributed by atoms with Crippen LogP contribution in [-0.2, 0) is 9.59 Å². The Kier molecular flexibility index (Phi) is 6.35. The van der Waals surface area contributed by atoms with Crippen molar-refractivity contribution < 1.29 is 14.3 Å². The van der Waals surface area contributed by atoms with Gasteiger partial charge in [0, 0.05) is 29.7 Å². The summed E-state index contributed by atoms with van der Waals surface area (Å²) in [6.07, 6.45) is 1.31. The first-order chi connectivity index (χ1) is 13.0. The molecule has 1 saturated heterocycles. The number of nitrogens with one attached hydrogen (secondary N) is 1. The van der Waals surface area contributed by atoms with Crippen molar-refractivity contribution in [1.82, 2.24) is 4.90 Å². The second-order valence-electron chi connectivity index (χ2n) is 6.71. The Morgan fingerprint density at radius 2 is 1.85 bits per heavy atom. The van der Waals surface area contributed by atoms with Crippen LogP contribution in [0.1, 0.15) is 18.4 Å². The molecule has 0 aromatic heterocycles. The Balaban J connectivity index is 1.44. The highest BCUT2D eigenvalue weighted by atomic mass is 35.5. The fourth-order valence-corrected chi connectivity index (χ4v) is 3.22. The van der Waals surface area contributed by atoms with E-state index in [9.17, 15) is 9.59 Å². The lowest BCUT2D eigenvalue weighted by Crippen LogP contribution is -2.43. The van der Waals surface area contributed by atoms with E-state index in [0.717, 1.165) is 11.3 Å². The van der Waals surface area contributed by atoms with Gasteiger partial charge >= 0.3 is 0 Å². The number of halogens is 1. The Bertz CT molecular complexity index is 802. The van der Waals surface area contributed by atoms with Gasteiger partial charge in [-0.15, -0.1) is 0 Å². The van der Waals surface area contributed by atoms with E-state index in [1.807, 2.05) is 43.3 Å². The predicted molar refractivity (Wildman–Crippen MR) is 106 cm³/mol. The van der Waals surface area contributed by atoms with E-state index in [0.29, 0.717) is 36.7 Å². The van der Waals surface area contributed by atoms with Gasteiger partial charge in [-0.05, 0) is 55.7 Å². The summed E-state index contributed by atoms with van der Waals surface area (Å²) < 4.78 is 5.58. The van der Waals surface area contributed by atoms with Crippen LogP contribution in [0, 0.1) is 12.8 Å². The molecule has 1 aliphatic heterocycles. The van der Waals surface area contributed by atoms with Gasteiger partial charge in [-0.1, -0.05) is 29.8 Å². The molecule has 2 aromatic rings. The molecule has 5 nitrogen and oxygen atoms in total. The molecule has 6 heteroatoms. The van der Waals surface area contributed by atoms with Crippen molar-refractivity contribution in [2.75, 3.05) is 25.0 Å². The van der Waals surface area contributed by atoms with Gasteiger partial charge < -0.3 is 15.0 Å². The zero-order valence-electron chi connectivity index (χ0n) is 15.3. The fourth-order valence-electron chi connectivity index (χ4n) is 3.10. The van der Waals surface area contributed by atoms with E-state index < -0.39 is 0 Å². The maximum atomic E-state index is 12.4. The average Bonchev–Trinajstić information content (AvgIpc) is 2.69. The van der Waals surface area contributed by atoms with Crippen LogP contribution < -0.4 is 10.1 Å². The number of para-hydroxylation sites is 1. The maximum absolute atomic E-state index is 12.4. The Hall–Kier alpha value is -2.53. The Morgan fingerprint density at radius 1 is 1.15 bits per heavy atom. The van der Waals surface area contributed by atoms with E-state index in [1.165, 1.54) is 0 Å². The summed E-state index contributed by atoms with van der Waals surface area (Å²) in [6.45, 7) is 3.01. The van der Waals surface area contributed by atoms with Crippen molar-refractivity contribution in [2.24, 2.45) is 5.92 Å². The largest absolute Gasteiger partial charge is 0.484 e. The minimum Gasteiger partial charge on any atom is -0.484 e. The molecule has 27 heavy (non-hydrogen) atoms. The Morgan fingerprint density at radius 3 is 2.52 bits per heavy atom. The van der Waals surface area contributed by atoms with E-state index in [2.05, 4.69) is 5.32 Å². The number of hydrogen-bond acceptors (Lipinski definition) is 3. The highest BCUT2D eigenvalue weighted by Crippen LogP contribution is 2.22. The van der Waals surface area contributed by atoms with Crippen molar-refractivity contribution >= 4 is 29.1 Å². The Labute approximate surface area is 164 Å². The van der Waals surface area contributed by atoms with Gasteiger partial charge in [-0.3, -0.25) is 9.59 Å². The third kappa shape index (κ3) is 5.23. The van der Waals surface area contributed by atoms with Gasteiger partial charge in [0.1, 0.15) is 5.75 Å². The molecule has 3 rings (SSSR count). The smallest absolute Gasteiger partial charge is 0.260 e. The maximum Gasteiger partial charge on any atom is 0.260 e. The van der Waals surface area contributed by atoms with Crippen LogP contribution in [0.3, 0.4) is 0 Å². The number of likely N-dealkylation sites (tertiary alicyclic amines) is 1. The highest BCUT2D eigenvalue weighted by Gasteiger charge is 2.27. The number of benzene rings is 2. The van der Waals surface area contributed by atoms with Crippen molar-refractivity contribution in [1.29, 1.82) is 0 Å². The monoisotopic (exact) mass is 386 g/mol. The minimum atomic E-state index is -0.0749. The van der Waals surface area contributed by atoms with Crippen LogP contribution in [0.15, 0.2) is 48.5 Å². The highest BCUT2D eigenvalue weighted by molar-refractivity contribution is 6.31. The second-order valence-corrected chi connectivity index (χ2v) is 7.12. The summed E-state index contributed by atoms with van der Waals surface area (Å²) in [5.74, 6) is 0.502. The van der Waals surface area contributed by atoms with E-state index in [1.54, 1.807) is 17.0 Å². The van der Waals surface area contributed by atoms with Crippen LogP contribution in [0.4, 0.5) is 5.69 Å². The van der Waals surface area contributed by atoms with Crippen LogP contribution in [0.2, 0.25) is 5.02 Å². The number of carbonyl (C=O) groups excluding carboxylic acids is 2. The molecule has 2 amide bonds. The summed E-state index contributed by atoms with van der Waals surface area (Å²) in [5, 5.41) is 3.61. The van der Waals surface area contributed by atoms with Crippen molar-refractivity contribution in [3.8, 4) is 5.75 Å². The molecule has 142 valence electrons. The first-order valence-electron chi connectivity index (χ1n) is 9.05. The third-order valence-electron chi connectivity index (χ3n) is 4.75. The molecule has 0 radical (unpaired) electrons. The van der Waals surface area contributed by atoms with E-state index >= 15 is 0 Å². The lowest BCUT2D eigenvalue weighted by molar-refractivity contribution is -0.136. The van der Waals surface area contributed by atoms with Crippen molar-refractivity contribution in [2.45, 2.75) is 19.8 Å². The summed E-state index contributed by atoms with van der Waals surface area (Å²) in [7, 11) is 0. The van der Waals surface area contributed by atoms with Gasteiger partial charge in [-0.25, -0.2) is 0 Å². The number of anilines is 1. The van der Waals surface area contributed by atoms with E-state index in [-0.39, 0.29) is 24.3 Å². The lowest BCUT2D eigenvalue weighted by atomic mass is 9.95. The number of hydrogen-bond donors (Lipinski definition) is 1. The van der Waals surface area contributed by atoms with Crippen LogP contribution in [0.25, 0.3) is 0 Å². The number of aryl methyl sites for hydroxylation is 1. The van der Waals surface area contributed by atoms with Crippen molar-refractivity contribution in [3.63, 3.8) is 0 Å². The molecule has 1 fully saturated rings. The summed E-state index contributed by atoms with van der Waals surface area (Å²) in [6, 6.07) is 14.7. The molecule has 0 bridgehead atoms. The quantitative estimate of drug-likeness (QED) is 0.847. The molecule has 1 N–H and O–H groups in total. The topological polar surface area (TPSA) is 58.6 Å². The minimum absolute atomic E-state index is 0.0120. The zero-order valence-corrected chi connectivity index (χ0v) is 16.0. The first-order valence-corrected chi connectivity index (χ1v) is 9.43. The standard InChI is InChI=1S/C21H23ClN2O3/c1-15-13-18(7-8-19(15)22)27-14-20(25)24-11-9-16(10-12-24)21(26)23-17-5-3-2-4-6-17/h2-8,13,16H,9-12,14H2,1H3,(H,23,26). The molecule has 1 heterocycles. The summed E-state index contributed by atoms with van der Waals surface area (Å²) >= 11 is 5.99. The fraction of sp³-hybridized carbons (Fsp3) is 0.333. The third-order valence-corrected chi connectivity index (χ3v) is 5.18. The number of carbonyl (C=O) groups is 2. The average molecular weight is 387 g/mol. The van der Waals surface area contributed by atoms with Gasteiger partial charge in [0.25, 0.3) is 5.91 Å². The van der Waals surface area contributed by atoms with Gasteiger partial charge in [0.05, 0.1) is 0 Å². The molecular formula is C21H23ClN2O3. The number of amides is 2. The van der Waals surface area contributed by atoms with Crippen LogP contribution >= 0.6 is 11.6 Å². The summed E-state index contributed by atoms with van der Waals surface area (Å²) in [4.78, 5) is 26.5. The van der Waals surface area contributed by atoms with Gasteiger partial charge in [-0.2, -0.15) is 0 Å². The number of rotatable bonds is 5. The molecule has 2 aromatic carbocycles. The first kappa shape index (κ1) is 19.2. The van der Waals surface area contributed by atoms with Crippen LogP contribution in [0.5, 0.6) is 5.75 Å². The molecule has 0 aliphatic carbocycles. The number of ether oxygens (including phenoxy) is 1. The molecule has 1 aliphatic rings. The number of nitrogens with zero attached hydrogens (tertiary/aromatic N) is 1. The van der Waals surface area contributed by atoms with Gasteiger partial charge in [0.15, 0.2) is 6.61 Å². The predicted octanol–water partition coefficient (Wildman–Crippen LogP) is 3.90. The lowest BCUT2D eigenvalue weighted by Gasteiger charge is -2.31. The SMILES string of the molecule is Cc1cc(OCC(=O)N2CCC(C(=O)Nc3ccccc3)CC2)ccc1Cl. The van der Waals surface area contributed by atoms with Crippen LogP contribution in [-0.4, -0.2) is 36.4 Å². The second kappa shape index (κ2) is 8.91. The molecule has 0 saturated carbocycles. The zero-order chi connectivity index (χ0) is 19.2. The number of piperidine rings is 1. The normalized spacial score (nSPS) is 14.7. The molecule has 0 spiro atoms. The summed E-state index contributed by atoms with van der Waals surface area (Å²) in [5.41, 5.74) is 1.71. The molecule has 0 unspecified atom stereocenters. The van der Waals surface area contributed by atoms with Crippen molar-refractivity contribution in [3.05, 3.63) is 59.1 Å². The van der Waals surface area contributed by atoms with E-state index in [4.69, 9.17) is 16.3 Å². The molecular weight excluding hydrogens is 364 g/mol. The van der Waals surface area contributed by atoms with Gasteiger partial charge in [0.2, 0.25) is 5.91 Å². The molecule has 0 atom stereocenters.